The van der Waals surface area contributed by atoms with E-state index in [1.807, 2.05) is 0 Å². The first-order chi connectivity index (χ1) is 5.14. The van der Waals surface area contributed by atoms with Gasteiger partial charge in [-0.05, 0) is 23.2 Å². The fraction of sp³-hybridized carbons (Fsp3) is 0.667. The zero-order chi connectivity index (χ0) is 10.2. The number of hydrogen-bond acceptors (Lipinski definition) is 3. The number of primary amides is 1. The van der Waals surface area contributed by atoms with Gasteiger partial charge in [0, 0.05) is 0 Å². The molecule has 0 radical (unpaired) electrons. The fourth-order valence-corrected chi connectivity index (χ4v) is 0.495. The van der Waals surface area contributed by atoms with Crippen LogP contribution >= 0.6 is 23.2 Å². The molecular formula is C3H2Cl2F2N2O3. The van der Waals surface area contributed by atoms with E-state index in [1.54, 1.807) is 0 Å². The van der Waals surface area contributed by atoms with Crippen LogP contribution in [-0.2, 0) is 4.79 Å². The van der Waals surface area contributed by atoms with Crippen molar-refractivity contribution in [2.75, 3.05) is 0 Å². The Kier molecular flexibility index (Phi) is 2.81. The van der Waals surface area contributed by atoms with Crippen LogP contribution in [0.2, 0.25) is 0 Å². The Balaban J connectivity index is 5.17. The van der Waals surface area contributed by atoms with Gasteiger partial charge in [0.15, 0.2) is 0 Å². The number of nitrogens with zero attached hydrogens (tertiary/aromatic N) is 1. The quantitative estimate of drug-likeness (QED) is 0.327. The second-order valence-corrected chi connectivity index (χ2v) is 2.76. The summed E-state index contributed by atoms with van der Waals surface area (Å²) in [5, 5.41) is 5.38. The van der Waals surface area contributed by atoms with Crippen LogP contribution in [0, 0.1) is 10.1 Å². The summed E-state index contributed by atoms with van der Waals surface area (Å²) in [4.78, 5) is 14.6. The molecule has 2 N–H and O–H groups in total. The van der Waals surface area contributed by atoms with Crippen molar-refractivity contribution in [3.8, 4) is 0 Å². The van der Waals surface area contributed by atoms with Gasteiger partial charge >= 0.3 is 16.3 Å². The van der Waals surface area contributed by atoms with Crippen molar-refractivity contribution in [2.45, 2.75) is 10.4 Å². The van der Waals surface area contributed by atoms with Crippen LogP contribution in [0.1, 0.15) is 0 Å². The molecule has 12 heavy (non-hydrogen) atoms. The lowest BCUT2D eigenvalue weighted by atomic mass is 10.3. The average Bonchev–Trinajstić information content (AvgIpc) is 1.82. The molecule has 1 amide bonds. The summed E-state index contributed by atoms with van der Waals surface area (Å²) in [5.41, 5.74) is 4.28. The Hall–Kier alpha value is -0.690. The topological polar surface area (TPSA) is 86.2 Å². The summed E-state index contributed by atoms with van der Waals surface area (Å²) in [6.45, 7) is 0. The van der Waals surface area contributed by atoms with E-state index in [9.17, 15) is 23.7 Å². The predicted octanol–water partition coefficient (Wildman–Crippen LogP) is 0.515. The molecular weight excluding hydrogens is 221 g/mol. The minimum atomic E-state index is -4.54. The van der Waals surface area contributed by atoms with Gasteiger partial charge in [-0.25, -0.2) is 0 Å². The van der Waals surface area contributed by atoms with Crippen molar-refractivity contribution in [1.82, 2.24) is 0 Å². The molecule has 0 aromatic rings. The molecule has 0 rings (SSSR count). The first kappa shape index (κ1) is 11.3. The Labute approximate surface area is 74.6 Å². The highest BCUT2D eigenvalue weighted by Gasteiger charge is 2.68. The van der Waals surface area contributed by atoms with Crippen molar-refractivity contribution in [2.24, 2.45) is 5.73 Å². The lowest BCUT2D eigenvalue weighted by molar-refractivity contribution is -0.545. The number of carbonyl (C=O) groups is 1. The van der Waals surface area contributed by atoms with Crippen LogP contribution < -0.4 is 5.73 Å². The zero-order valence-electron chi connectivity index (χ0n) is 5.26. The van der Waals surface area contributed by atoms with E-state index in [0.29, 0.717) is 0 Å². The first-order valence-electron chi connectivity index (χ1n) is 2.34. The summed E-state index contributed by atoms with van der Waals surface area (Å²) in [6.07, 6.45) is 0. The van der Waals surface area contributed by atoms with Crippen LogP contribution in [0.25, 0.3) is 0 Å². The van der Waals surface area contributed by atoms with E-state index in [-0.39, 0.29) is 0 Å². The van der Waals surface area contributed by atoms with Gasteiger partial charge in [0.25, 0.3) is 0 Å². The van der Waals surface area contributed by atoms with Gasteiger partial charge in [-0.15, -0.1) is 0 Å². The SMILES string of the molecule is NC(=O)C(Cl)([N+](=O)[O-])C(F)(F)Cl. The molecule has 0 fully saturated rings. The highest BCUT2D eigenvalue weighted by Crippen LogP contribution is 2.38. The molecule has 0 aliphatic rings. The second kappa shape index (κ2) is 2.98. The number of rotatable bonds is 3. The van der Waals surface area contributed by atoms with Gasteiger partial charge in [0.05, 0.1) is 4.92 Å². The van der Waals surface area contributed by atoms with Crippen molar-refractivity contribution >= 4 is 29.1 Å². The molecule has 0 bridgehead atoms. The summed E-state index contributed by atoms with van der Waals surface area (Å²) in [6, 6.07) is 0. The fourth-order valence-electron chi connectivity index (χ4n) is 0.333. The molecule has 0 aliphatic heterocycles. The van der Waals surface area contributed by atoms with E-state index in [2.05, 4.69) is 28.9 Å². The smallest absolute Gasteiger partial charge is 0.362 e. The van der Waals surface area contributed by atoms with E-state index < -0.39 is 21.2 Å². The summed E-state index contributed by atoms with van der Waals surface area (Å²) >= 11 is 8.85. The monoisotopic (exact) mass is 222 g/mol. The minimum Gasteiger partial charge on any atom is -0.362 e. The lowest BCUT2D eigenvalue weighted by Crippen LogP contribution is -2.56. The summed E-state index contributed by atoms with van der Waals surface area (Å²) in [7, 11) is 0. The number of carbonyl (C=O) groups excluding carboxylic acids is 1. The molecule has 9 heteroatoms. The molecule has 0 aliphatic carbocycles. The zero-order valence-corrected chi connectivity index (χ0v) is 6.77. The third kappa shape index (κ3) is 1.56. The first-order valence-corrected chi connectivity index (χ1v) is 3.09. The van der Waals surface area contributed by atoms with Crippen molar-refractivity contribution in [3.05, 3.63) is 10.1 Å². The molecule has 70 valence electrons. The van der Waals surface area contributed by atoms with Crippen molar-refractivity contribution in [3.63, 3.8) is 0 Å². The minimum absolute atomic E-state index is 1.75. The molecule has 0 saturated heterocycles. The highest BCUT2D eigenvalue weighted by molar-refractivity contribution is 6.40. The third-order valence-electron chi connectivity index (χ3n) is 0.954. The largest absolute Gasteiger partial charge is 0.448 e. The summed E-state index contributed by atoms with van der Waals surface area (Å²) < 4.78 is 24.3. The molecule has 0 spiro atoms. The van der Waals surface area contributed by atoms with Crippen molar-refractivity contribution < 1.29 is 18.5 Å². The molecule has 0 heterocycles. The van der Waals surface area contributed by atoms with Crippen LogP contribution in [0.15, 0.2) is 0 Å². The standard InChI is InChI=1S/C3H2Cl2F2N2O3/c4-2(1(8)10,9(11)12)3(5,6)7/h(H2,8,10). The summed E-state index contributed by atoms with van der Waals surface area (Å²) in [5.74, 6) is -2.02. The second-order valence-electron chi connectivity index (χ2n) is 1.74. The van der Waals surface area contributed by atoms with E-state index >= 15 is 0 Å². The van der Waals surface area contributed by atoms with Crippen LogP contribution in [0.5, 0.6) is 0 Å². The number of amides is 1. The predicted molar refractivity (Wildman–Crippen MR) is 35.6 cm³/mol. The third-order valence-corrected chi connectivity index (χ3v) is 1.89. The van der Waals surface area contributed by atoms with Crippen LogP contribution in [0.4, 0.5) is 8.78 Å². The Bertz CT molecular complexity index is 214. The number of halogens is 4. The maximum atomic E-state index is 12.2. The van der Waals surface area contributed by atoms with Gasteiger partial charge in [-0.3, -0.25) is 14.9 Å². The van der Waals surface area contributed by atoms with E-state index in [1.165, 1.54) is 0 Å². The van der Waals surface area contributed by atoms with Gasteiger partial charge in [0.1, 0.15) is 0 Å². The molecule has 5 nitrogen and oxygen atoms in total. The number of hydrogen-bond donors (Lipinski definition) is 1. The Morgan fingerprint density at radius 1 is 1.50 bits per heavy atom. The molecule has 1 atom stereocenters. The van der Waals surface area contributed by atoms with Gasteiger partial charge < -0.3 is 5.73 Å². The number of nitrogens with two attached hydrogens (primary N) is 1. The van der Waals surface area contributed by atoms with E-state index in [0.717, 1.165) is 0 Å². The highest BCUT2D eigenvalue weighted by atomic mass is 35.5. The maximum absolute atomic E-state index is 12.2. The van der Waals surface area contributed by atoms with Crippen LogP contribution in [0.3, 0.4) is 0 Å². The average molecular weight is 223 g/mol. The van der Waals surface area contributed by atoms with Gasteiger partial charge in [0.2, 0.25) is 0 Å². The molecule has 0 saturated carbocycles. The van der Waals surface area contributed by atoms with Crippen LogP contribution in [-0.4, -0.2) is 21.2 Å². The normalized spacial score (nSPS) is 16.7. The van der Waals surface area contributed by atoms with E-state index in [4.69, 9.17) is 0 Å². The Morgan fingerprint density at radius 2 is 1.83 bits per heavy atom. The van der Waals surface area contributed by atoms with Gasteiger partial charge in [-0.1, -0.05) is 0 Å². The van der Waals surface area contributed by atoms with Gasteiger partial charge in [-0.2, -0.15) is 8.78 Å². The maximum Gasteiger partial charge on any atom is 0.448 e. The molecule has 1 unspecified atom stereocenters. The number of nitro groups is 1. The Morgan fingerprint density at radius 3 is 1.83 bits per heavy atom. The molecule has 0 aromatic carbocycles. The molecule has 0 aromatic heterocycles. The van der Waals surface area contributed by atoms with Crippen molar-refractivity contribution in [1.29, 1.82) is 0 Å². The lowest BCUT2D eigenvalue weighted by Gasteiger charge is -2.18. The number of alkyl halides is 4.